The molecule has 1 aliphatic rings. The highest BCUT2D eigenvalue weighted by molar-refractivity contribution is 5.37. The smallest absolute Gasteiger partial charge is 0.108 e. The van der Waals surface area contributed by atoms with Crippen molar-refractivity contribution in [2.75, 3.05) is 6.61 Å². The van der Waals surface area contributed by atoms with Crippen LogP contribution >= 0.6 is 0 Å². The zero-order valence-corrected chi connectivity index (χ0v) is 9.10. The summed E-state index contributed by atoms with van der Waals surface area (Å²) in [6.45, 7) is 0.816. The van der Waals surface area contributed by atoms with Crippen LogP contribution in [0.5, 0.6) is 0 Å². The molecule has 1 aliphatic heterocycles. The molecule has 0 bridgehead atoms. The highest BCUT2D eigenvalue weighted by Crippen LogP contribution is 2.32. The molecule has 3 rings (SSSR count). The molecule has 0 fully saturated rings. The zero-order valence-electron chi connectivity index (χ0n) is 9.10. The number of benzene rings is 2. The van der Waals surface area contributed by atoms with Crippen molar-refractivity contribution in [1.29, 1.82) is 0 Å². The molecule has 0 aliphatic carbocycles. The number of hydrogen-bond acceptors (Lipinski definition) is 1. The van der Waals surface area contributed by atoms with E-state index in [4.69, 9.17) is 4.74 Å². The summed E-state index contributed by atoms with van der Waals surface area (Å²) < 4.78 is 5.89. The van der Waals surface area contributed by atoms with Gasteiger partial charge in [0.1, 0.15) is 6.10 Å². The van der Waals surface area contributed by atoms with Crippen molar-refractivity contribution < 1.29 is 4.74 Å². The van der Waals surface area contributed by atoms with E-state index in [2.05, 4.69) is 48.5 Å². The van der Waals surface area contributed by atoms with E-state index >= 15 is 0 Å². The van der Waals surface area contributed by atoms with Gasteiger partial charge in [-0.05, 0) is 23.1 Å². The first kappa shape index (κ1) is 9.61. The van der Waals surface area contributed by atoms with Crippen LogP contribution in [-0.4, -0.2) is 6.61 Å². The fraction of sp³-hybridized carbons (Fsp3) is 0.200. The summed E-state index contributed by atoms with van der Waals surface area (Å²) in [5, 5.41) is 0. The first-order valence-electron chi connectivity index (χ1n) is 5.69. The number of rotatable bonds is 1. The zero-order chi connectivity index (χ0) is 10.8. The molecule has 16 heavy (non-hydrogen) atoms. The van der Waals surface area contributed by atoms with Crippen LogP contribution in [0.1, 0.15) is 22.8 Å². The maximum Gasteiger partial charge on any atom is 0.108 e. The Kier molecular flexibility index (Phi) is 2.47. The lowest BCUT2D eigenvalue weighted by Crippen LogP contribution is -2.16. The first-order valence-corrected chi connectivity index (χ1v) is 5.69. The van der Waals surface area contributed by atoms with Crippen molar-refractivity contribution in [2.24, 2.45) is 0 Å². The largest absolute Gasteiger partial charge is 0.368 e. The molecule has 1 heterocycles. The summed E-state index contributed by atoms with van der Waals surface area (Å²) >= 11 is 0. The Hall–Kier alpha value is -1.60. The highest BCUT2D eigenvalue weighted by Gasteiger charge is 2.21. The van der Waals surface area contributed by atoms with Crippen molar-refractivity contribution in [3.8, 4) is 0 Å². The summed E-state index contributed by atoms with van der Waals surface area (Å²) in [5.41, 5.74) is 3.98. The Morgan fingerprint density at radius 1 is 0.875 bits per heavy atom. The lowest BCUT2D eigenvalue weighted by atomic mass is 9.93. The second-order valence-corrected chi connectivity index (χ2v) is 4.11. The minimum Gasteiger partial charge on any atom is -0.368 e. The van der Waals surface area contributed by atoms with Crippen molar-refractivity contribution in [3.05, 3.63) is 71.3 Å². The van der Waals surface area contributed by atoms with E-state index in [1.165, 1.54) is 16.7 Å². The molecule has 1 nitrogen and oxygen atoms in total. The van der Waals surface area contributed by atoms with Crippen LogP contribution in [0.15, 0.2) is 54.6 Å². The Morgan fingerprint density at radius 2 is 1.62 bits per heavy atom. The van der Waals surface area contributed by atoms with Gasteiger partial charge < -0.3 is 4.74 Å². The summed E-state index contributed by atoms with van der Waals surface area (Å²) in [5.74, 6) is 0. The maximum absolute atomic E-state index is 5.89. The van der Waals surface area contributed by atoms with Gasteiger partial charge in [-0.2, -0.15) is 0 Å². The van der Waals surface area contributed by atoms with Crippen LogP contribution in [0.2, 0.25) is 0 Å². The minimum atomic E-state index is 0.117. The number of fused-ring (bicyclic) bond motifs is 1. The van der Waals surface area contributed by atoms with Gasteiger partial charge in [-0.15, -0.1) is 0 Å². The van der Waals surface area contributed by atoms with E-state index in [1.54, 1.807) is 0 Å². The van der Waals surface area contributed by atoms with E-state index in [0.29, 0.717) is 0 Å². The Labute approximate surface area is 95.7 Å². The van der Waals surface area contributed by atoms with E-state index in [-0.39, 0.29) is 6.10 Å². The molecule has 2 aromatic rings. The molecule has 0 saturated heterocycles. The molecular formula is C15H14O. The highest BCUT2D eigenvalue weighted by atomic mass is 16.5. The normalized spacial score (nSPS) is 19.1. The van der Waals surface area contributed by atoms with Gasteiger partial charge in [-0.1, -0.05) is 54.6 Å². The molecule has 80 valence electrons. The average Bonchev–Trinajstić information content (AvgIpc) is 2.39. The SMILES string of the molecule is c1ccc(C2OCCc3ccccc32)cc1. The topological polar surface area (TPSA) is 9.23 Å². The Balaban J connectivity index is 2.05. The van der Waals surface area contributed by atoms with E-state index < -0.39 is 0 Å². The third-order valence-electron chi connectivity index (χ3n) is 3.10. The molecule has 2 aromatic carbocycles. The summed E-state index contributed by atoms with van der Waals surface area (Å²) in [6, 6.07) is 19.0. The van der Waals surface area contributed by atoms with E-state index in [0.717, 1.165) is 13.0 Å². The standard InChI is InChI=1S/C15H14O/c1-2-7-13(8-3-1)15-14-9-5-4-6-12(14)10-11-16-15/h1-9,15H,10-11H2. The Morgan fingerprint density at radius 3 is 2.50 bits per heavy atom. The van der Waals surface area contributed by atoms with Crippen LogP contribution in [-0.2, 0) is 11.2 Å². The van der Waals surface area contributed by atoms with Crippen molar-refractivity contribution >= 4 is 0 Å². The molecule has 1 atom stereocenters. The molecule has 0 N–H and O–H groups in total. The van der Waals surface area contributed by atoms with Gasteiger partial charge in [0.05, 0.1) is 6.61 Å². The molecule has 0 aromatic heterocycles. The summed E-state index contributed by atoms with van der Waals surface area (Å²) in [6.07, 6.45) is 1.14. The summed E-state index contributed by atoms with van der Waals surface area (Å²) in [7, 11) is 0. The molecular weight excluding hydrogens is 196 g/mol. The molecule has 1 heteroatoms. The summed E-state index contributed by atoms with van der Waals surface area (Å²) in [4.78, 5) is 0. The number of ether oxygens (including phenoxy) is 1. The monoisotopic (exact) mass is 210 g/mol. The van der Waals surface area contributed by atoms with Gasteiger partial charge in [0.25, 0.3) is 0 Å². The van der Waals surface area contributed by atoms with Crippen LogP contribution < -0.4 is 0 Å². The van der Waals surface area contributed by atoms with Crippen molar-refractivity contribution in [2.45, 2.75) is 12.5 Å². The van der Waals surface area contributed by atoms with Crippen LogP contribution in [0.3, 0.4) is 0 Å². The molecule has 1 unspecified atom stereocenters. The minimum absolute atomic E-state index is 0.117. The van der Waals surface area contributed by atoms with Gasteiger partial charge in [0, 0.05) is 0 Å². The van der Waals surface area contributed by atoms with Crippen LogP contribution in [0.4, 0.5) is 0 Å². The first-order chi connectivity index (χ1) is 7.95. The van der Waals surface area contributed by atoms with E-state index in [1.807, 2.05) is 6.07 Å². The quantitative estimate of drug-likeness (QED) is 0.701. The lowest BCUT2D eigenvalue weighted by molar-refractivity contribution is 0.0698. The molecule has 0 amide bonds. The molecule has 0 spiro atoms. The van der Waals surface area contributed by atoms with Crippen LogP contribution in [0, 0.1) is 0 Å². The van der Waals surface area contributed by atoms with Crippen molar-refractivity contribution in [3.63, 3.8) is 0 Å². The fourth-order valence-corrected chi connectivity index (χ4v) is 2.30. The van der Waals surface area contributed by atoms with Crippen molar-refractivity contribution in [1.82, 2.24) is 0 Å². The van der Waals surface area contributed by atoms with Gasteiger partial charge in [-0.3, -0.25) is 0 Å². The lowest BCUT2D eigenvalue weighted by Gasteiger charge is -2.26. The van der Waals surface area contributed by atoms with Gasteiger partial charge in [0.2, 0.25) is 0 Å². The van der Waals surface area contributed by atoms with Gasteiger partial charge in [-0.25, -0.2) is 0 Å². The molecule has 0 radical (unpaired) electrons. The average molecular weight is 210 g/mol. The predicted molar refractivity (Wildman–Crippen MR) is 64.4 cm³/mol. The van der Waals surface area contributed by atoms with E-state index in [9.17, 15) is 0 Å². The Bertz CT molecular complexity index is 476. The fourth-order valence-electron chi connectivity index (χ4n) is 2.30. The second-order valence-electron chi connectivity index (χ2n) is 4.11. The maximum atomic E-state index is 5.89. The second kappa shape index (κ2) is 4.11. The van der Waals surface area contributed by atoms with Gasteiger partial charge in [0.15, 0.2) is 0 Å². The van der Waals surface area contributed by atoms with Gasteiger partial charge >= 0.3 is 0 Å². The third-order valence-corrected chi connectivity index (χ3v) is 3.10. The predicted octanol–water partition coefficient (Wildman–Crippen LogP) is 3.35. The van der Waals surface area contributed by atoms with Crippen LogP contribution in [0.25, 0.3) is 0 Å². The third kappa shape index (κ3) is 1.63. The number of hydrogen-bond donors (Lipinski definition) is 0. The molecule has 0 saturated carbocycles.